The van der Waals surface area contributed by atoms with E-state index in [0.717, 1.165) is 25.9 Å². The lowest BCUT2D eigenvalue weighted by Gasteiger charge is -2.46. The lowest BCUT2D eigenvalue weighted by Crippen LogP contribution is -2.48. The molecule has 25 heavy (non-hydrogen) atoms. The van der Waals surface area contributed by atoms with Crippen molar-refractivity contribution in [1.29, 1.82) is 0 Å². The van der Waals surface area contributed by atoms with Crippen LogP contribution in [-0.4, -0.2) is 50.2 Å². The zero-order valence-electron chi connectivity index (χ0n) is 15.5. The smallest absolute Gasteiger partial charge is 0.0964 e. The van der Waals surface area contributed by atoms with Crippen molar-refractivity contribution in [3.05, 3.63) is 70.8 Å². The zero-order chi connectivity index (χ0) is 17.4. The zero-order valence-corrected chi connectivity index (χ0v) is 15.5. The molecule has 2 atom stereocenters. The Morgan fingerprint density at radius 2 is 1.24 bits per heavy atom. The molecular weight excluding hydrogens is 308 g/mol. The molecule has 2 heterocycles. The van der Waals surface area contributed by atoms with Crippen LogP contribution in [0.3, 0.4) is 0 Å². The first-order chi connectivity index (χ1) is 12.2. The number of methoxy groups -OCH3 is 1. The van der Waals surface area contributed by atoms with Crippen molar-refractivity contribution in [2.24, 2.45) is 0 Å². The second-order valence-corrected chi connectivity index (χ2v) is 7.45. The quantitative estimate of drug-likeness (QED) is 0.854. The first-order valence-electron chi connectivity index (χ1n) is 9.29. The van der Waals surface area contributed by atoms with E-state index in [1.165, 1.54) is 22.3 Å². The van der Waals surface area contributed by atoms with Crippen LogP contribution in [0.4, 0.5) is 0 Å². The Morgan fingerprint density at radius 3 is 1.68 bits per heavy atom. The largest absolute Gasteiger partial charge is 0.377 e. The molecule has 3 heteroatoms. The van der Waals surface area contributed by atoms with Gasteiger partial charge in [-0.05, 0) is 49.2 Å². The van der Waals surface area contributed by atoms with Crippen molar-refractivity contribution in [3.8, 4) is 0 Å². The Kier molecular flexibility index (Phi) is 4.63. The van der Waals surface area contributed by atoms with Crippen molar-refractivity contribution < 1.29 is 4.74 Å². The number of ether oxygens (including phenoxy) is 1. The summed E-state index contributed by atoms with van der Waals surface area (Å²) in [6, 6.07) is 18.3. The number of nitrogens with zero attached hydrogens (tertiary/aromatic N) is 2. The summed E-state index contributed by atoms with van der Waals surface area (Å²) in [7, 11) is 6.35. The van der Waals surface area contributed by atoms with Crippen LogP contribution in [0.2, 0.25) is 0 Å². The SMILES string of the molecule is COC(C1c2ccccc2CCN1C)C1c2ccccc2CCN1C. The van der Waals surface area contributed by atoms with E-state index in [4.69, 9.17) is 4.74 Å². The molecule has 0 aliphatic carbocycles. The van der Waals surface area contributed by atoms with Crippen LogP contribution in [0.5, 0.6) is 0 Å². The first kappa shape index (κ1) is 16.8. The molecule has 0 saturated heterocycles. The van der Waals surface area contributed by atoms with E-state index in [-0.39, 0.29) is 18.2 Å². The average molecular weight is 336 g/mol. The van der Waals surface area contributed by atoms with Gasteiger partial charge in [0.25, 0.3) is 0 Å². The minimum atomic E-state index is 0.109. The van der Waals surface area contributed by atoms with Gasteiger partial charge in [-0.2, -0.15) is 0 Å². The molecule has 4 rings (SSSR count). The third kappa shape index (κ3) is 2.91. The maximum absolute atomic E-state index is 6.20. The van der Waals surface area contributed by atoms with E-state index in [1.807, 2.05) is 7.11 Å². The van der Waals surface area contributed by atoms with Gasteiger partial charge < -0.3 is 4.74 Å². The molecule has 2 aliphatic rings. The highest BCUT2D eigenvalue weighted by Gasteiger charge is 2.40. The Morgan fingerprint density at radius 1 is 0.800 bits per heavy atom. The van der Waals surface area contributed by atoms with Crippen LogP contribution in [-0.2, 0) is 17.6 Å². The molecule has 2 unspecified atom stereocenters. The lowest BCUT2D eigenvalue weighted by molar-refractivity contribution is -0.0399. The molecule has 132 valence electrons. The molecule has 0 spiro atoms. The Balaban J connectivity index is 1.78. The molecule has 0 bridgehead atoms. The molecule has 2 aromatic carbocycles. The van der Waals surface area contributed by atoms with Gasteiger partial charge >= 0.3 is 0 Å². The Labute approximate surface area is 151 Å². The number of hydrogen-bond donors (Lipinski definition) is 0. The lowest BCUT2D eigenvalue weighted by atomic mass is 9.82. The molecule has 0 amide bonds. The van der Waals surface area contributed by atoms with Gasteiger partial charge in [0.05, 0.1) is 18.2 Å². The second-order valence-electron chi connectivity index (χ2n) is 7.45. The van der Waals surface area contributed by atoms with E-state index in [0.29, 0.717) is 0 Å². The van der Waals surface area contributed by atoms with E-state index in [9.17, 15) is 0 Å². The van der Waals surface area contributed by atoms with Crippen LogP contribution in [0.15, 0.2) is 48.5 Å². The standard InChI is InChI=1S/C22H28N2O/c1-23-14-12-16-8-4-6-10-18(16)20(23)22(25-3)21-19-11-7-5-9-17(19)13-15-24(21)2/h4-11,20-22H,12-15H2,1-3H3. The summed E-state index contributed by atoms with van der Waals surface area (Å²) in [6.45, 7) is 2.17. The number of fused-ring (bicyclic) bond motifs is 2. The van der Waals surface area contributed by atoms with Crippen LogP contribution in [0.1, 0.15) is 34.3 Å². The van der Waals surface area contributed by atoms with Gasteiger partial charge in [0, 0.05) is 20.2 Å². The highest BCUT2D eigenvalue weighted by atomic mass is 16.5. The molecule has 2 aliphatic heterocycles. The first-order valence-corrected chi connectivity index (χ1v) is 9.29. The topological polar surface area (TPSA) is 15.7 Å². The highest BCUT2D eigenvalue weighted by molar-refractivity contribution is 5.37. The van der Waals surface area contributed by atoms with Gasteiger partial charge in [-0.15, -0.1) is 0 Å². The minimum absolute atomic E-state index is 0.109. The summed E-state index contributed by atoms with van der Waals surface area (Å²) in [6.07, 6.45) is 2.35. The molecule has 0 aromatic heterocycles. The predicted octanol–water partition coefficient (Wildman–Crippen LogP) is 3.46. The summed E-state index contributed by atoms with van der Waals surface area (Å²) in [5, 5.41) is 0. The van der Waals surface area contributed by atoms with Gasteiger partial charge in [-0.25, -0.2) is 0 Å². The summed E-state index contributed by atoms with van der Waals surface area (Å²) in [5.74, 6) is 0. The van der Waals surface area contributed by atoms with Crippen molar-refractivity contribution in [2.45, 2.75) is 31.0 Å². The third-order valence-corrected chi connectivity index (χ3v) is 6.06. The van der Waals surface area contributed by atoms with Gasteiger partial charge in [0.1, 0.15) is 0 Å². The average Bonchev–Trinajstić information content (AvgIpc) is 2.65. The fraction of sp³-hybridized carbons (Fsp3) is 0.455. The Hall–Kier alpha value is -1.68. The van der Waals surface area contributed by atoms with Crippen molar-refractivity contribution >= 4 is 0 Å². The summed E-state index contributed by atoms with van der Waals surface area (Å²) in [5.41, 5.74) is 5.80. The fourth-order valence-corrected chi connectivity index (χ4v) is 4.73. The fourth-order valence-electron chi connectivity index (χ4n) is 4.73. The second kappa shape index (κ2) is 6.91. The molecule has 0 radical (unpaired) electrons. The molecule has 0 N–H and O–H groups in total. The molecule has 2 aromatic rings. The van der Waals surface area contributed by atoms with E-state index in [2.05, 4.69) is 72.4 Å². The van der Waals surface area contributed by atoms with Gasteiger partial charge in [-0.1, -0.05) is 48.5 Å². The highest BCUT2D eigenvalue weighted by Crippen LogP contribution is 2.41. The number of likely N-dealkylation sites (N-methyl/N-ethyl adjacent to an activating group) is 2. The van der Waals surface area contributed by atoms with Crippen molar-refractivity contribution in [3.63, 3.8) is 0 Å². The predicted molar refractivity (Wildman–Crippen MR) is 102 cm³/mol. The van der Waals surface area contributed by atoms with E-state index in [1.54, 1.807) is 0 Å². The van der Waals surface area contributed by atoms with Crippen LogP contribution in [0.25, 0.3) is 0 Å². The summed E-state index contributed by atoms with van der Waals surface area (Å²) < 4.78 is 6.20. The van der Waals surface area contributed by atoms with E-state index < -0.39 is 0 Å². The molecule has 3 nitrogen and oxygen atoms in total. The normalized spacial score (nSPS) is 25.2. The monoisotopic (exact) mass is 336 g/mol. The number of hydrogen-bond acceptors (Lipinski definition) is 3. The van der Waals surface area contributed by atoms with Crippen molar-refractivity contribution in [2.75, 3.05) is 34.3 Å². The number of benzene rings is 2. The molecular formula is C22H28N2O. The summed E-state index contributed by atoms with van der Waals surface area (Å²) >= 11 is 0. The molecule has 0 fully saturated rings. The van der Waals surface area contributed by atoms with Crippen molar-refractivity contribution in [1.82, 2.24) is 9.80 Å². The number of rotatable bonds is 3. The van der Waals surface area contributed by atoms with Gasteiger partial charge in [0.15, 0.2) is 0 Å². The van der Waals surface area contributed by atoms with Gasteiger partial charge in [-0.3, -0.25) is 9.80 Å². The van der Waals surface area contributed by atoms with Crippen LogP contribution >= 0.6 is 0 Å². The van der Waals surface area contributed by atoms with E-state index >= 15 is 0 Å². The Bertz CT molecular complexity index is 683. The van der Waals surface area contributed by atoms with Crippen LogP contribution < -0.4 is 0 Å². The maximum atomic E-state index is 6.20. The minimum Gasteiger partial charge on any atom is -0.377 e. The van der Waals surface area contributed by atoms with Crippen LogP contribution in [0, 0.1) is 0 Å². The molecule has 0 saturated carbocycles. The summed E-state index contributed by atoms with van der Waals surface area (Å²) in [4.78, 5) is 4.95. The maximum Gasteiger partial charge on any atom is 0.0964 e. The van der Waals surface area contributed by atoms with Gasteiger partial charge in [0.2, 0.25) is 0 Å². The third-order valence-electron chi connectivity index (χ3n) is 6.06.